The number of furan rings is 1. The van der Waals surface area contributed by atoms with Gasteiger partial charge in [0.25, 0.3) is 5.24 Å². The predicted octanol–water partition coefficient (Wildman–Crippen LogP) is 8.60. The molecule has 4 heterocycles. The zero-order valence-electron chi connectivity index (χ0n) is 20.0. The molecular weight excluding hydrogens is 577 g/mol. The Hall–Kier alpha value is -3.36. The number of para-hydroxylation sites is 1. The molecule has 1 spiro atoms. The molecule has 3 aliphatic rings. The lowest BCUT2D eigenvalue weighted by Gasteiger charge is -2.44. The summed E-state index contributed by atoms with van der Waals surface area (Å²) in [5.41, 5.74) is 3.43. The van der Waals surface area contributed by atoms with E-state index in [1.54, 1.807) is 36.4 Å². The number of amides is 1. The first kappa shape index (κ1) is 24.7. The number of rotatable bonds is 3. The SMILES string of the molecule is O=C1NC2(Oc3ccccc3C3CC(c4ccc(Cl)cc4)=NN32)/C(=C/c2ccc(-c3c(Cl)cccc3Cl)o2)S1. The summed E-state index contributed by atoms with van der Waals surface area (Å²) in [5, 5.41) is 11.2. The molecule has 7 rings (SSSR count). The number of carbonyl (C=O) groups is 1. The van der Waals surface area contributed by atoms with Crippen molar-refractivity contribution in [2.75, 3.05) is 0 Å². The number of hydrazone groups is 1. The van der Waals surface area contributed by atoms with Crippen LogP contribution in [0.5, 0.6) is 5.75 Å². The van der Waals surface area contributed by atoms with Crippen molar-refractivity contribution in [1.82, 2.24) is 10.3 Å². The maximum absolute atomic E-state index is 12.9. The van der Waals surface area contributed by atoms with Crippen molar-refractivity contribution in [1.29, 1.82) is 0 Å². The van der Waals surface area contributed by atoms with Crippen LogP contribution in [-0.4, -0.2) is 21.8 Å². The Labute approximate surface area is 243 Å². The number of halogens is 3. The minimum absolute atomic E-state index is 0.155. The average molecular weight is 595 g/mol. The third-order valence-corrected chi connectivity index (χ3v) is 8.65. The van der Waals surface area contributed by atoms with Gasteiger partial charge in [-0.25, -0.2) is 5.01 Å². The van der Waals surface area contributed by atoms with Gasteiger partial charge in [-0.2, -0.15) is 5.10 Å². The number of nitrogens with one attached hydrogen (secondary N) is 1. The highest BCUT2D eigenvalue weighted by Gasteiger charge is 2.58. The lowest BCUT2D eigenvalue weighted by Crippen LogP contribution is -2.61. The van der Waals surface area contributed by atoms with Crippen LogP contribution in [0.2, 0.25) is 15.1 Å². The summed E-state index contributed by atoms with van der Waals surface area (Å²) in [4.78, 5) is 13.5. The molecule has 1 N–H and O–H groups in total. The molecule has 194 valence electrons. The van der Waals surface area contributed by atoms with Crippen LogP contribution in [0.1, 0.15) is 29.3 Å². The molecule has 6 nitrogen and oxygen atoms in total. The van der Waals surface area contributed by atoms with Crippen LogP contribution in [0.15, 0.2) is 93.3 Å². The van der Waals surface area contributed by atoms with E-state index >= 15 is 0 Å². The van der Waals surface area contributed by atoms with Crippen LogP contribution in [0.4, 0.5) is 4.79 Å². The van der Waals surface area contributed by atoms with Gasteiger partial charge >= 0.3 is 5.85 Å². The largest absolute Gasteiger partial charge is 0.457 e. The van der Waals surface area contributed by atoms with Crippen molar-refractivity contribution < 1.29 is 13.9 Å². The van der Waals surface area contributed by atoms with E-state index in [1.165, 1.54) is 0 Å². The second-order valence-corrected chi connectivity index (χ2v) is 11.5. The van der Waals surface area contributed by atoms with Crippen molar-refractivity contribution >= 4 is 63.6 Å². The van der Waals surface area contributed by atoms with Gasteiger partial charge < -0.3 is 9.15 Å². The molecule has 4 aromatic rings. The predicted molar refractivity (Wildman–Crippen MR) is 155 cm³/mol. The number of thioether (sulfide) groups is 1. The summed E-state index contributed by atoms with van der Waals surface area (Å²) in [5.74, 6) is 0.373. The second-order valence-electron chi connectivity index (χ2n) is 9.22. The van der Waals surface area contributed by atoms with E-state index < -0.39 is 5.85 Å². The van der Waals surface area contributed by atoms with Crippen molar-refractivity contribution in [2.24, 2.45) is 5.10 Å². The highest BCUT2D eigenvalue weighted by Crippen LogP contribution is 2.53. The minimum atomic E-state index is -1.34. The Morgan fingerprint density at radius 2 is 1.74 bits per heavy atom. The number of ether oxygens (including phenoxy) is 1. The number of benzene rings is 3. The van der Waals surface area contributed by atoms with E-state index in [2.05, 4.69) is 5.32 Å². The van der Waals surface area contributed by atoms with Crippen molar-refractivity contribution in [2.45, 2.75) is 18.3 Å². The smallest absolute Gasteiger partial charge is 0.314 e. The van der Waals surface area contributed by atoms with Crippen LogP contribution in [0.3, 0.4) is 0 Å². The molecular formula is C29H18Cl3N3O3S. The topological polar surface area (TPSA) is 67.1 Å². The fraction of sp³-hybridized carbons (Fsp3) is 0.103. The van der Waals surface area contributed by atoms with E-state index in [0.717, 1.165) is 28.6 Å². The average Bonchev–Trinajstić information content (AvgIpc) is 3.64. The molecule has 2 unspecified atom stereocenters. The number of fused-ring (bicyclic) bond motifs is 4. The van der Waals surface area contributed by atoms with Crippen LogP contribution < -0.4 is 10.1 Å². The Morgan fingerprint density at radius 1 is 0.974 bits per heavy atom. The fourth-order valence-electron chi connectivity index (χ4n) is 5.11. The van der Waals surface area contributed by atoms with E-state index in [4.69, 9.17) is 49.1 Å². The maximum Gasteiger partial charge on any atom is 0.314 e. The first-order valence-corrected chi connectivity index (χ1v) is 14.0. The second kappa shape index (κ2) is 9.38. The molecule has 2 atom stereocenters. The first-order valence-electron chi connectivity index (χ1n) is 12.1. The Bertz CT molecular complexity index is 1680. The Kier molecular flexibility index (Phi) is 5.93. The van der Waals surface area contributed by atoms with Crippen molar-refractivity contribution in [3.05, 3.63) is 116 Å². The number of nitrogens with zero attached hydrogens (tertiary/aromatic N) is 2. The molecule has 1 amide bonds. The van der Waals surface area contributed by atoms with Gasteiger partial charge in [0, 0.05) is 17.0 Å². The lowest BCUT2D eigenvalue weighted by atomic mass is 9.96. The lowest BCUT2D eigenvalue weighted by molar-refractivity contribution is -0.0949. The van der Waals surface area contributed by atoms with Gasteiger partial charge in [-0.15, -0.1) is 0 Å². The van der Waals surface area contributed by atoms with Crippen LogP contribution in [0, 0.1) is 0 Å². The molecule has 0 aliphatic carbocycles. The van der Waals surface area contributed by atoms with Crippen molar-refractivity contribution in [3.8, 4) is 17.1 Å². The number of hydrogen-bond acceptors (Lipinski definition) is 6. The molecule has 39 heavy (non-hydrogen) atoms. The molecule has 0 bridgehead atoms. The number of hydrogen-bond donors (Lipinski definition) is 1. The molecule has 1 saturated heterocycles. The third kappa shape index (κ3) is 4.12. The van der Waals surface area contributed by atoms with Gasteiger partial charge in [-0.3, -0.25) is 10.1 Å². The standard InChI is InChI=1S/C29H18Cl3N3O3S/c30-17-10-8-16(9-11-17)22-15-23-19-4-1-2-7-24(19)38-29(35(23)34-22)26(39-28(36)33-29)14-18-12-13-25(37-18)27-20(31)5-3-6-21(27)32/h1-14,23H,15H2,(H,33,36)/b26-14-. The zero-order chi connectivity index (χ0) is 26.7. The number of carbonyl (C=O) groups excluding carboxylic acids is 1. The maximum atomic E-state index is 12.9. The Morgan fingerprint density at radius 3 is 2.54 bits per heavy atom. The van der Waals surface area contributed by atoms with E-state index in [1.807, 2.05) is 53.5 Å². The molecule has 3 aliphatic heterocycles. The first-order chi connectivity index (χ1) is 18.9. The van der Waals surface area contributed by atoms with Crippen LogP contribution in [-0.2, 0) is 0 Å². The Balaban J connectivity index is 1.33. The third-order valence-electron chi connectivity index (χ3n) is 6.86. The summed E-state index contributed by atoms with van der Waals surface area (Å²) in [7, 11) is 0. The molecule has 3 aromatic carbocycles. The van der Waals surface area contributed by atoms with Gasteiger partial charge in [0.15, 0.2) is 0 Å². The summed E-state index contributed by atoms with van der Waals surface area (Å²) in [6, 6.07) is 24.1. The van der Waals surface area contributed by atoms with Gasteiger partial charge in [0.1, 0.15) is 17.3 Å². The summed E-state index contributed by atoms with van der Waals surface area (Å²) >= 11 is 20.0. The summed E-state index contributed by atoms with van der Waals surface area (Å²) < 4.78 is 12.7. The van der Waals surface area contributed by atoms with Gasteiger partial charge in [-0.1, -0.05) is 71.2 Å². The monoisotopic (exact) mass is 593 g/mol. The van der Waals surface area contributed by atoms with Gasteiger partial charge in [-0.05, 0) is 65.9 Å². The van der Waals surface area contributed by atoms with Gasteiger partial charge in [0.2, 0.25) is 0 Å². The van der Waals surface area contributed by atoms with Crippen molar-refractivity contribution in [3.63, 3.8) is 0 Å². The normalized spacial score (nSPS) is 22.5. The molecule has 1 fully saturated rings. The minimum Gasteiger partial charge on any atom is -0.457 e. The molecule has 10 heteroatoms. The van der Waals surface area contributed by atoms with Crippen LogP contribution in [0.25, 0.3) is 17.4 Å². The molecule has 1 aromatic heterocycles. The zero-order valence-corrected chi connectivity index (χ0v) is 23.1. The van der Waals surface area contributed by atoms with E-state index in [9.17, 15) is 4.79 Å². The quantitative estimate of drug-likeness (QED) is 0.257. The summed E-state index contributed by atoms with van der Waals surface area (Å²) in [6.45, 7) is 0. The molecule has 0 saturated carbocycles. The molecule has 0 radical (unpaired) electrons. The summed E-state index contributed by atoms with van der Waals surface area (Å²) in [6.07, 6.45) is 2.42. The highest BCUT2D eigenvalue weighted by atomic mass is 35.5. The van der Waals surface area contributed by atoms with Gasteiger partial charge in [0.05, 0.1) is 32.3 Å². The highest BCUT2D eigenvalue weighted by molar-refractivity contribution is 8.17. The fourth-order valence-corrected chi connectivity index (χ4v) is 6.71. The van der Waals surface area contributed by atoms with E-state index in [-0.39, 0.29) is 11.3 Å². The van der Waals surface area contributed by atoms with Crippen LogP contribution >= 0.6 is 46.6 Å². The van der Waals surface area contributed by atoms with E-state index in [0.29, 0.717) is 49.2 Å².